The lowest BCUT2D eigenvalue weighted by molar-refractivity contribution is -0.124. The molecule has 3 nitrogen and oxygen atoms in total. The highest BCUT2D eigenvalue weighted by Crippen LogP contribution is 2.33. The third-order valence-corrected chi connectivity index (χ3v) is 4.18. The van der Waals surface area contributed by atoms with Crippen molar-refractivity contribution in [1.29, 1.82) is 5.26 Å². The average molecular weight is 270 g/mol. The molecule has 0 aliphatic heterocycles. The number of benzene rings is 1. The molecule has 0 radical (unpaired) electrons. The zero-order chi connectivity index (χ0) is 14.5. The first-order valence-corrected chi connectivity index (χ1v) is 7.42. The van der Waals surface area contributed by atoms with Crippen molar-refractivity contribution in [2.24, 2.45) is 11.8 Å². The van der Waals surface area contributed by atoms with Crippen molar-refractivity contribution in [3.8, 4) is 6.07 Å². The highest BCUT2D eigenvalue weighted by atomic mass is 16.2. The molecule has 1 aliphatic carbocycles. The lowest BCUT2D eigenvalue weighted by Crippen LogP contribution is -2.40. The van der Waals surface area contributed by atoms with Crippen molar-refractivity contribution in [3.63, 3.8) is 0 Å². The van der Waals surface area contributed by atoms with Gasteiger partial charge in [0.2, 0.25) is 5.91 Å². The van der Waals surface area contributed by atoms with E-state index in [2.05, 4.69) is 25.2 Å². The molecule has 1 fully saturated rings. The second-order valence-corrected chi connectivity index (χ2v) is 5.73. The minimum Gasteiger partial charge on any atom is -0.340 e. The molecular formula is C17H22N2O. The van der Waals surface area contributed by atoms with E-state index in [0.717, 1.165) is 24.8 Å². The van der Waals surface area contributed by atoms with E-state index in [1.54, 1.807) is 0 Å². The second-order valence-electron chi connectivity index (χ2n) is 5.73. The third kappa shape index (κ3) is 3.39. The molecule has 106 valence electrons. The monoisotopic (exact) mass is 270 g/mol. The maximum absolute atomic E-state index is 12.6. The molecule has 2 rings (SSSR count). The molecule has 1 aromatic rings. The third-order valence-electron chi connectivity index (χ3n) is 4.18. The lowest BCUT2D eigenvalue weighted by atomic mass is 9.84. The van der Waals surface area contributed by atoms with Crippen LogP contribution < -0.4 is 5.32 Å². The van der Waals surface area contributed by atoms with E-state index in [1.807, 2.05) is 30.3 Å². The Morgan fingerprint density at radius 3 is 2.55 bits per heavy atom. The summed E-state index contributed by atoms with van der Waals surface area (Å²) in [6, 6.07) is 11.8. The number of nitriles is 1. The molecule has 3 unspecified atom stereocenters. The molecule has 1 saturated carbocycles. The van der Waals surface area contributed by atoms with Gasteiger partial charge in [-0.25, -0.2) is 0 Å². The van der Waals surface area contributed by atoms with Gasteiger partial charge in [-0.15, -0.1) is 0 Å². The summed E-state index contributed by atoms with van der Waals surface area (Å²) in [5.41, 5.74) is 1.03. The van der Waals surface area contributed by atoms with Crippen LogP contribution in [0, 0.1) is 23.2 Å². The summed E-state index contributed by atoms with van der Waals surface area (Å²) >= 11 is 0. The topological polar surface area (TPSA) is 52.9 Å². The van der Waals surface area contributed by atoms with Gasteiger partial charge in [0.05, 0.1) is 12.0 Å². The van der Waals surface area contributed by atoms with Crippen LogP contribution in [-0.4, -0.2) is 11.9 Å². The second kappa shape index (κ2) is 6.56. The Bertz CT molecular complexity index is 487. The summed E-state index contributed by atoms with van der Waals surface area (Å²) in [5.74, 6) is 0.438. The summed E-state index contributed by atoms with van der Waals surface area (Å²) in [5, 5.41) is 12.1. The number of nitrogens with zero attached hydrogens (tertiary/aromatic N) is 1. The van der Waals surface area contributed by atoms with Gasteiger partial charge < -0.3 is 5.32 Å². The number of amides is 1. The van der Waals surface area contributed by atoms with Crippen molar-refractivity contribution in [2.45, 2.75) is 45.1 Å². The Morgan fingerprint density at radius 2 is 2.05 bits per heavy atom. The average Bonchev–Trinajstić information content (AvgIpc) is 3.30. The maximum atomic E-state index is 12.6. The van der Waals surface area contributed by atoms with Gasteiger partial charge in [0.25, 0.3) is 0 Å². The van der Waals surface area contributed by atoms with E-state index in [-0.39, 0.29) is 23.8 Å². The van der Waals surface area contributed by atoms with Crippen LogP contribution in [-0.2, 0) is 4.79 Å². The van der Waals surface area contributed by atoms with Crippen LogP contribution >= 0.6 is 0 Å². The summed E-state index contributed by atoms with van der Waals surface area (Å²) in [7, 11) is 0. The summed E-state index contributed by atoms with van der Waals surface area (Å²) in [6.45, 7) is 4.19. The largest absolute Gasteiger partial charge is 0.340 e. The van der Waals surface area contributed by atoms with Crippen molar-refractivity contribution >= 4 is 5.91 Å². The van der Waals surface area contributed by atoms with Crippen LogP contribution in [0.4, 0.5) is 0 Å². The van der Waals surface area contributed by atoms with Gasteiger partial charge >= 0.3 is 0 Å². The van der Waals surface area contributed by atoms with E-state index >= 15 is 0 Å². The molecule has 0 aromatic heterocycles. The fourth-order valence-electron chi connectivity index (χ4n) is 2.56. The zero-order valence-corrected chi connectivity index (χ0v) is 12.2. The van der Waals surface area contributed by atoms with Gasteiger partial charge in [-0.2, -0.15) is 5.26 Å². The first kappa shape index (κ1) is 14.6. The Morgan fingerprint density at radius 1 is 1.40 bits per heavy atom. The predicted octanol–water partition coefficient (Wildman–Crippen LogP) is 3.23. The smallest absolute Gasteiger partial charge is 0.228 e. The fraction of sp³-hybridized carbons (Fsp3) is 0.529. The van der Waals surface area contributed by atoms with Crippen LogP contribution in [0.15, 0.2) is 30.3 Å². The minimum atomic E-state index is -0.322. The van der Waals surface area contributed by atoms with Gasteiger partial charge in [0.15, 0.2) is 0 Å². The van der Waals surface area contributed by atoms with Gasteiger partial charge in [0, 0.05) is 0 Å². The number of carbonyl (C=O) groups is 1. The van der Waals surface area contributed by atoms with Gasteiger partial charge in [0.1, 0.15) is 6.04 Å². The fourth-order valence-corrected chi connectivity index (χ4v) is 2.56. The Hall–Kier alpha value is -1.82. The molecular weight excluding hydrogens is 248 g/mol. The number of hydrogen-bond donors (Lipinski definition) is 1. The first-order chi connectivity index (χ1) is 9.67. The normalized spacial score (nSPS) is 18.6. The van der Waals surface area contributed by atoms with Crippen molar-refractivity contribution in [3.05, 3.63) is 35.9 Å². The number of rotatable bonds is 6. The first-order valence-electron chi connectivity index (χ1n) is 7.42. The Labute approximate surface area is 121 Å². The molecule has 1 aliphatic rings. The van der Waals surface area contributed by atoms with Crippen LogP contribution in [0.3, 0.4) is 0 Å². The van der Waals surface area contributed by atoms with E-state index in [4.69, 9.17) is 5.26 Å². The van der Waals surface area contributed by atoms with Crippen LogP contribution in [0.25, 0.3) is 0 Å². The summed E-state index contributed by atoms with van der Waals surface area (Å²) in [4.78, 5) is 12.6. The molecule has 1 amide bonds. The molecule has 0 spiro atoms. The van der Waals surface area contributed by atoms with Crippen molar-refractivity contribution in [1.82, 2.24) is 5.32 Å². The summed E-state index contributed by atoms with van der Waals surface area (Å²) in [6.07, 6.45) is 3.04. The zero-order valence-electron chi connectivity index (χ0n) is 12.2. The van der Waals surface area contributed by atoms with Crippen molar-refractivity contribution < 1.29 is 4.79 Å². The standard InChI is InChI=1S/C17H22N2O/c1-3-12(2)16(14-7-5-4-6-8-14)17(20)19-15(11-18)13-9-10-13/h4-8,12-13,15-16H,3,9-10H2,1-2H3,(H,19,20). The van der Waals surface area contributed by atoms with Crippen LogP contribution in [0.2, 0.25) is 0 Å². The highest BCUT2D eigenvalue weighted by molar-refractivity contribution is 5.84. The molecule has 0 bridgehead atoms. The number of carbonyl (C=O) groups excluding carboxylic acids is 1. The molecule has 0 saturated heterocycles. The quantitative estimate of drug-likeness (QED) is 0.862. The highest BCUT2D eigenvalue weighted by Gasteiger charge is 2.35. The predicted molar refractivity (Wildman–Crippen MR) is 78.9 cm³/mol. The molecule has 0 heterocycles. The van der Waals surface area contributed by atoms with Gasteiger partial charge in [-0.05, 0) is 30.2 Å². The minimum absolute atomic E-state index is 0.0102. The van der Waals surface area contributed by atoms with Crippen LogP contribution in [0.1, 0.15) is 44.6 Å². The van der Waals surface area contributed by atoms with E-state index < -0.39 is 0 Å². The Kier molecular flexibility index (Phi) is 4.79. The number of nitrogens with one attached hydrogen (secondary N) is 1. The summed E-state index contributed by atoms with van der Waals surface area (Å²) < 4.78 is 0. The van der Waals surface area contributed by atoms with E-state index in [1.165, 1.54) is 0 Å². The van der Waals surface area contributed by atoms with Gasteiger partial charge in [-0.3, -0.25) is 4.79 Å². The van der Waals surface area contributed by atoms with Crippen molar-refractivity contribution in [2.75, 3.05) is 0 Å². The molecule has 1 N–H and O–H groups in total. The van der Waals surface area contributed by atoms with E-state index in [9.17, 15) is 4.79 Å². The van der Waals surface area contributed by atoms with E-state index in [0.29, 0.717) is 5.92 Å². The van der Waals surface area contributed by atoms with Crippen LogP contribution in [0.5, 0.6) is 0 Å². The maximum Gasteiger partial charge on any atom is 0.228 e. The SMILES string of the molecule is CCC(C)C(C(=O)NC(C#N)C1CC1)c1ccccc1. The molecule has 20 heavy (non-hydrogen) atoms. The Balaban J connectivity index is 2.14. The lowest BCUT2D eigenvalue weighted by Gasteiger charge is -2.24. The molecule has 1 aromatic carbocycles. The molecule has 3 heteroatoms. The number of hydrogen-bond acceptors (Lipinski definition) is 2. The molecule has 3 atom stereocenters. The van der Waals surface area contributed by atoms with Gasteiger partial charge in [-0.1, -0.05) is 50.6 Å².